The highest BCUT2D eigenvalue weighted by molar-refractivity contribution is 7.07. The molecule has 66 valence electrons. The predicted molar refractivity (Wildman–Crippen MR) is 51.0 cm³/mol. The van der Waals surface area contributed by atoms with Crippen molar-refractivity contribution >= 4 is 17.6 Å². The van der Waals surface area contributed by atoms with Crippen LogP contribution in [0, 0.1) is 0 Å². The molecule has 0 saturated heterocycles. The van der Waals surface area contributed by atoms with E-state index in [0.717, 1.165) is 12.0 Å². The third-order valence-electron chi connectivity index (χ3n) is 1.80. The van der Waals surface area contributed by atoms with E-state index >= 15 is 0 Å². The fraction of sp³-hybridized carbons (Fsp3) is 0.111. The summed E-state index contributed by atoms with van der Waals surface area (Å²) >= 11 is 1.56. The van der Waals surface area contributed by atoms with E-state index in [1.54, 1.807) is 22.9 Å². The van der Waals surface area contributed by atoms with Gasteiger partial charge in [-0.25, -0.2) is 4.98 Å². The fourth-order valence-corrected chi connectivity index (χ4v) is 1.72. The predicted octanol–water partition coefficient (Wildman–Crippen LogP) is 1.81. The summed E-state index contributed by atoms with van der Waals surface area (Å²) in [7, 11) is 0. The molecule has 0 aliphatic heterocycles. The van der Waals surface area contributed by atoms with Crippen molar-refractivity contribution in [1.82, 2.24) is 9.55 Å². The van der Waals surface area contributed by atoms with E-state index in [2.05, 4.69) is 4.98 Å². The molecule has 0 aromatic carbocycles. The fourth-order valence-electron chi connectivity index (χ4n) is 1.17. The Morgan fingerprint density at radius 3 is 3.23 bits per heavy atom. The molecular formula is C9H8N2OS. The van der Waals surface area contributed by atoms with Gasteiger partial charge in [0.15, 0.2) is 6.29 Å². The monoisotopic (exact) mass is 192 g/mol. The third-order valence-corrected chi connectivity index (χ3v) is 2.44. The molecule has 0 aliphatic carbocycles. The van der Waals surface area contributed by atoms with Gasteiger partial charge in [-0.1, -0.05) is 0 Å². The molecule has 0 N–H and O–H groups in total. The van der Waals surface area contributed by atoms with E-state index in [-0.39, 0.29) is 0 Å². The van der Waals surface area contributed by atoms with E-state index < -0.39 is 0 Å². The largest absolute Gasteiger partial charge is 0.339 e. The standard InChI is InChI=1S/C9H8N2OS/c12-5-9-2-1-3-11(9)4-8-6-13-7-10-8/h1-3,5-7H,4H2. The highest BCUT2D eigenvalue weighted by Crippen LogP contribution is 2.06. The zero-order valence-corrected chi connectivity index (χ0v) is 7.70. The summed E-state index contributed by atoms with van der Waals surface area (Å²) in [5, 5.41) is 1.98. The molecule has 0 unspecified atom stereocenters. The van der Waals surface area contributed by atoms with Gasteiger partial charge in [-0.2, -0.15) is 0 Å². The minimum absolute atomic E-state index is 0.671. The van der Waals surface area contributed by atoms with Crippen molar-refractivity contribution in [3.05, 3.63) is 40.6 Å². The van der Waals surface area contributed by atoms with Gasteiger partial charge in [-0.05, 0) is 12.1 Å². The smallest absolute Gasteiger partial charge is 0.166 e. The van der Waals surface area contributed by atoms with Gasteiger partial charge in [0.1, 0.15) is 0 Å². The molecule has 0 aliphatic rings. The first-order valence-electron chi connectivity index (χ1n) is 3.87. The van der Waals surface area contributed by atoms with Gasteiger partial charge in [0.05, 0.1) is 23.4 Å². The first-order chi connectivity index (χ1) is 6.40. The molecule has 3 nitrogen and oxygen atoms in total. The summed E-state index contributed by atoms with van der Waals surface area (Å²) in [6.45, 7) is 0.671. The number of rotatable bonds is 3. The van der Waals surface area contributed by atoms with E-state index in [1.807, 2.05) is 22.2 Å². The van der Waals surface area contributed by atoms with Crippen LogP contribution in [0.2, 0.25) is 0 Å². The average molecular weight is 192 g/mol. The van der Waals surface area contributed by atoms with Crippen LogP contribution in [0.25, 0.3) is 0 Å². The van der Waals surface area contributed by atoms with Crippen LogP contribution in [0.15, 0.2) is 29.2 Å². The molecule has 0 spiro atoms. The molecule has 0 bridgehead atoms. The lowest BCUT2D eigenvalue weighted by Gasteiger charge is -2.01. The normalized spacial score (nSPS) is 10.2. The molecule has 2 aromatic rings. The number of hydrogen-bond acceptors (Lipinski definition) is 3. The molecular weight excluding hydrogens is 184 g/mol. The number of aldehydes is 1. The van der Waals surface area contributed by atoms with Crippen molar-refractivity contribution in [3.63, 3.8) is 0 Å². The Labute approximate surface area is 79.7 Å². The van der Waals surface area contributed by atoms with Crippen molar-refractivity contribution in [1.29, 1.82) is 0 Å². The molecule has 2 rings (SSSR count). The molecule has 13 heavy (non-hydrogen) atoms. The zero-order chi connectivity index (χ0) is 9.10. The van der Waals surface area contributed by atoms with Crippen LogP contribution in [0.3, 0.4) is 0 Å². The molecule has 2 heterocycles. The summed E-state index contributed by atoms with van der Waals surface area (Å²) in [4.78, 5) is 14.7. The van der Waals surface area contributed by atoms with Crippen LogP contribution in [0.1, 0.15) is 16.2 Å². The Bertz CT molecular complexity index is 391. The van der Waals surface area contributed by atoms with Crippen LogP contribution in [-0.2, 0) is 6.54 Å². The van der Waals surface area contributed by atoms with Gasteiger partial charge in [-0.3, -0.25) is 4.79 Å². The SMILES string of the molecule is O=Cc1cccn1Cc1cscn1. The summed E-state index contributed by atoms with van der Waals surface area (Å²) in [6.07, 6.45) is 2.73. The van der Waals surface area contributed by atoms with Gasteiger partial charge in [0.25, 0.3) is 0 Å². The number of nitrogens with zero attached hydrogens (tertiary/aromatic N) is 2. The van der Waals surface area contributed by atoms with Gasteiger partial charge < -0.3 is 4.57 Å². The zero-order valence-electron chi connectivity index (χ0n) is 6.88. The van der Waals surface area contributed by atoms with Crippen LogP contribution >= 0.6 is 11.3 Å². The lowest BCUT2D eigenvalue weighted by Crippen LogP contribution is -2.02. The van der Waals surface area contributed by atoms with E-state index in [9.17, 15) is 4.79 Å². The lowest BCUT2D eigenvalue weighted by molar-refractivity contribution is 0.111. The third kappa shape index (κ3) is 1.67. The summed E-state index contributed by atoms with van der Waals surface area (Å²) in [6, 6.07) is 3.65. The Balaban J connectivity index is 2.23. The minimum Gasteiger partial charge on any atom is -0.339 e. The van der Waals surface area contributed by atoms with Crippen LogP contribution < -0.4 is 0 Å². The number of hydrogen-bond donors (Lipinski definition) is 0. The maximum Gasteiger partial charge on any atom is 0.166 e. The number of carbonyl (C=O) groups is 1. The number of aromatic nitrogens is 2. The lowest BCUT2D eigenvalue weighted by atomic mass is 10.4. The molecule has 0 radical (unpaired) electrons. The Hall–Kier alpha value is -1.42. The number of carbonyl (C=O) groups excluding carboxylic acids is 1. The summed E-state index contributed by atoms with van der Waals surface area (Å²) in [5.41, 5.74) is 3.47. The molecule has 2 aromatic heterocycles. The average Bonchev–Trinajstić information content (AvgIpc) is 2.76. The Morgan fingerprint density at radius 2 is 2.54 bits per heavy atom. The Morgan fingerprint density at radius 1 is 1.62 bits per heavy atom. The highest BCUT2D eigenvalue weighted by atomic mass is 32.1. The molecule has 0 amide bonds. The minimum atomic E-state index is 0.671. The quantitative estimate of drug-likeness (QED) is 0.695. The van der Waals surface area contributed by atoms with Crippen LogP contribution in [0.4, 0.5) is 0 Å². The second-order valence-corrected chi connectivity index (χ2v) is 3.38. The molecule has 0 atom stereocenters. The second-order valence-electron chi connectivity index (χ2n) is 2.66. The first-order valence-corrected chi connectivity index (χ1v) is 4.82. The number of thiazole rings is 1. The topological polar surface area (TPSA) is 34.9 Å². The van der Waals surface area contributed by atoms with Crippen molar-refractivity contribution < 1.29 is 4.79 Å². The van der Waals surface area contributed by atoms with E-state index in [1.165, 1.54) is 0 Å². The van der Waals surface area contributed by atoms with Crippen LogP contribution in [0.5, 0.6) is 0 Å². The van der Waals surface area contributed by atoms with Crippen molar-refractivity contribution in [2.75, 3.05) is 0 Å². The maximum absolute atomic E-state index is 10.6. The van der Waals surface area contributed by atoms with Gasteiger partial charge in [-0.15, -0.1) is 11.3 Å². The summed E-state index contributed by atoms with van der Waals surface area (Å²) in [5.74, 6) is 0. The molecule has 0 fully saturated rings. The van der Waals surface area contributed by atoms with Gasteiger partial charge in [0.2, 0.25) is 0 Å². The Kier molecular flexibility index (Phi) is 2.23. The van der Waals surface area contributed by atoms with E-state index in [4.69, 9.17) is 0 Å². The molecule has 4 heteroatoms. The summed E-state index contributed by atoms with van der Waals surface area (Å²) < 4.78 is 1.88. The van der Waals surface area contributed by atoms with Crippen molar-refractivity contribution in [3.8, 4) is 0 Å². The second kappa shape index (κ2) is 3.53. The van der Waals surface area contributed by atoms with Gasteiger partial charge in [0, 0.05) is 11.6 Å². The van der Waals surface area contributed by atoms with E-state index in [0.29, 0.717) is 12.2 Å². The highest BCUT2D eigenvalue weighted by Gasteiger charge is 2.00. The first kappa shape index (κ1) is 8.19. The van der Waals surface area contributed by atoms with Crippen LogP contribution in [-0.4, -0.2) is 15.8 Å². The van der Waals surface area contributed by atoms with Crippen molar-refractivity contribution in [2.45, 2.75) is 6.54 Å². The van der Waals surface area contributed by atoms with Gasteiger partial charge >= 0.3 is 0 Å². The van der Waals surface area contributed by atoms with Crippen molar-refractivity contribution in [2.24, 2.45) is 0 Å². The molecule has 0 saturated carbocycles. The maximum atomic E-state index is 10.6.